The smallest absolute Gasteiger partial charge is 0.252 e. The number of nitrogens with one attached hydrogen (secondary N) is 2. The van der Waals surface area contributed by atoms with Gasteiger partial charge in [-0.3, -0.25) is 14.6 Å². The van der Waals surface area contributed by atoms with Gasteiger partial charge in [0.2, 0.25) is 5.91 Å². The van der Waals surface area contributed by atoms with E-state index in [2.05, 4.69) is 15.6 Å². The van der Waals surface area contributed by atoms with Crippen molar-refractivity contribution in [1.82, 2.24) is 5.32 Å². The minimum absolute atomic E-state index is 0.319. The molecular formula is C18H15N3O2. The second-order valence-electron chi connectivity index (χ2n) is 5.01. The lowest BCUT2D eigenvalue weighted by molar-refractivity contribution is -0.122. The Balaban J connectivity index is 1.67. The molecule has 0 fully saturated rings. The minimum Gasteiger partial charge on any atom is -0.336 e. The van der Waals surface area contributed by atoms with Crippen LogP contribution in [0.2, 0.25) is 0 Å². The van der Waals surface area contributed by atoms with Crippen LogP contribution < -0.4 is 10.6 Å². The Morgan fingerprint density at radius 2 is 1.83 bits per heavy atom. The van der Waals surface area contributed by atoms with E-state index in [1.165, 1.54) is 12.3 Å². The molecule has 0 aromatic heterocycles. The number of rotatable bonds is 3. The lowest BCUT2D eigenvalue weighted by Gasteiger charge is -2.11. The Morgan fingerprint density at radius 3 is 2.65 bits per heavy atom. The number of hydrogen-bond donors (Lipinski definition) is 2. The zero-order valence-electron chi connectivity index (χ0n) is 12.3. The van der Waals surface area contributed by atoms with E-state index in [0.29, 0.717) is 11.4 Å². The first-order valence-corrected chi connectivity index (χ1v) is 7.20. The number of para-hydroxylation sites is 2. The third kappa shape index (κ3) is 3.71. The van der Waals surface area contributed by atoms with Gasteiger partial charge in [-0.1, -0.05) is 42.5 Å². The van der Waals surface area contributed by atoms with E-state index in [4.69, 9.17) is 0 Å². The number of fused-ring (bicyclic) bond motifs is 1. The van der Waals surface area contributed by atoms with Gasteiger partial charge >= 0.3 is 0 Å². The van der Waals surface area contributed by atoms with Crippen LogP contribution in [0, 0.1) is 0 Å². The van der Waals surface area contributed by atoms with Crippen LogP contribution in [0.1, 0.15) is 5.56 Å². The van der Waals surface area contributed by atoms with Gasteiger partial charge in [-0.2, -0.15) is 0 Å². The van der Waals surface area contributed by atoms with E-state index < -0.39 is 6.04 Å². The predicted molar refractivity (Wildman–Crippen MR) is 90.6 cm³/mol. The third-order valence-electron chi connectivity index (χ3n) is 3.33. The van der Waals surface area contributed by atoms with Crippen molar-refractivity contribution < 1.29 is 9.59 Å². The first kappa shape index (κ1) is 14.7. The second kappa shape index (κ2) is 6.70. The van der Waals surface area contributed by atoms with Gasteiger partial charge in [0.05, 0.1) is 11.4 Å². The van der Waals surface area contributed by atoms with E-state index in [0.717, 1.165) is 5.56 Å². The largest absolute Gasteiger partial charge is 0.336 e. The fourth-order valence-electron chi connectivity index (χ4n) is 2.17. The molecule has 2 aromatic rings. The first-order valence-electron chi connectivity index (χ1n) is 7.20. The maximum atomic E-state index is 12.1. The van der Waals surface area contributed by atoms with Crippen LogP contribution in [-0.2, 0) is 9.59 Å². The molecule has 1 aliphatic heterocycles. The van der Waals surface area contributed by atoms with Crippen molar-refractivity contribution in [3.8, 4) is 0 Å². The second-order valence-corrected chi connectivity index (χ2v) is 5.01. The highest BCUT2D eigenvalue weighted by atomic mass is 16.2. The molecule has 5 heteroatoms. The Hall–Kier alpha value is -3.21. The van der Waals surface area contributed by atoms with Crippen LogP contribution in [0.25, 0.3) is 6.08 Å². The van der Waals surface area contributed by atoms with Crippen LogP contribution in [0.15, 0.2) is 65.7 Å². The van der Waals surface area contributed by atoms with Crippen molar-refractivity contribution in [2.75, 3.05) is 5.32 Å². The fraction of sp³-hybridized carbons (Fsp3) is 0.0556. The molecule has 114 valence electrons. The lowest BCUT2D eigenvalue weighted by atomic mass is 10.2. The summed E-state index contributed by atoms with van der Waals surface area (Å²) in [6, 6.07) is 15.9. The molecule has 0 aliphatic carbocycles. The summed E-state index contributed by atoms with van der Waals surface area (Å²) in [6.45, 7) is 0. The molecule has 23 heavy (non-hydrogen) atoms. The molecule has 0 radical (unpaired) electrons. The average molecular weight is 305 g/mol. The van der Waals surface area contributed by atoms with Crippen molar-refractivity contribution in [1.29, 1.82) is 0 Å². The number of anilines is 1. The van der Waals surface area contributed by atoms with Crippen LogP contribution in [0.3, 0.4) is 0 Å². The van der Waals surface area contributed by atoms with Crippen LogP contribution in [0.5, 0.6) is 0 Å². The molecule has 0 spiro atoms. The summed E-state index contributed by atoms with van der Waals surface area (Å²) in [7, 11) is 0. The maximum Gasteiger partial charge on any atom is 0.252 e. The molecule has 1 aliphatic rings. The monoisotopic (exact) mass is 305 g/mol. The Morgan fingerprint density at radius 1 is 1.09 bits per heavy atom. The summed E-state index contributed by atoms with van der Waals surface area (Å²) in [4.78, 5) is 28.4. The van der Waals surface area contributed by atoms with E-state index in [9.17, 15) is 9.59 Å². The third-order valence-corrected chi connectivity index (χ3v) is 3.33. The van der Waals surface area contributed by atoms with Gasteiger partial charge in [-0.25, -0.2) is 0 Å². The molecule has 0 saturated heterocycles. The molecule has 1 atom stereocenters. The van der Waals surface area contributed by atoms with Gasteiger partial charge in [0.25, 0.3) is 5.91 Å². The summed E-state index contributed by atoms with van der Waals surface area (Å²) in [5, 5.41) is 5.38. The van der Waals surface area contributed by atoms with Gasteiger partial charge in [0.15, 0.2) is 0 Å². The van der Waals surface area contributed by atoms with Crippen molar-refractivity contribution in [3.05, 3.63) is 66.2 Å². The number of carbonyl (C=O) groups excluding carboxylic acids is 2. The molecule has 0 unspecified atom stereocenters. The van der Waals surface area contributed by atoms with Gasteiger partial charge in [-0.05, 0) is 23.8 Å². The topological polar surface area (TPSA) is 70.6 Å². The predicted octanol–water partition coefficient (Wildman–Crippen LogP) is 2.54. The molecule has 5 nitrogen and oxygen atoms in total. The molecular weight excluding hydrogens is 290 g/mol. The van der Waals surface area contributed by atoms with Gasteiger partial charge in [-0.15, -0.1) is 0 Å². The zero-order valence-corrected chi connectivity index (χ0v) is 12.3. The number of aliphatic imine (C=N–C) groups is 1. The van der Waals surface area contributed by atoms with E-state index in [1.54, 1.807) is 18.2 Å². The molecule has 2 N–H and O–H groups in total. The van der Waals surface area contributed by atoms with Crippen molar-refractivity contribution in [2.24, 2.45) is 4.99 Å². The highest BCUT2D eigenvalue weighted by Gasteiger charge is 2.21. The Bertz CT molecular complexity index is 782. The quantitative estimate of drug-likeness (QED) is 0.856. The Labute approximate surface area is 133 Å². The maximum absolute atomic E-state index is 12.1. The Kier molecular flexibility index (Phi) is 4.29. The highest BCUT2D eigenvalue weighted by Crippen LogP contribution is 2.25. The molecule has 0 bridgehead atoms. The van der Waals surface area contributed by atoms with E-state index >= 15 is 0 Å². The highest BCUT2D eigenvalue weighted by molar-refractivity contribution is 6.11. The summed E-state index contributed by atoms with van der Waals surface area (Å²) >= 11 is 0. The average Bonchev–Trinajstić information content (AvgIpc) is 2.73. The standard InChI is InChI=1S/C18H15N3O2/c22-17(11-10-13-6-2-1-3-7-13)20-16-12-19-14-8-4-5-9-15(14)21-18(16)23/h1-12,16H,(H,20,22)(H,21,23)/b11-10+/t16-/m1/s1. The van der Waals surface area contributed by atoms with Crippen molar-refractivity contribution >= 4 is 35.5 Å². The summed E-state index contributed by atoms with van der Waals surface area (Å²) in [5.74, 6) is -0.674. The van der Waals surface area contributed by atoms with Crippen molar-refractivity contribution in [3.63, 3.8) is 0 Å². The molecule has 3 rings (SSSR count). The van der Waals surface area contributed by atoms with Gasteiger partial charge < -0.3 is 10.6 Å². The number of hydrogen-bond acceptors (Lipinski definition) is 3. The number of nitrogens with zero attached hydrogens (tertiary/aromatic N) is 1. The summed E-state index contributed by atoms with van der Waals surface area (Å²) in [5.41, 5.74) is 2.21. The number of benzene rings is 2. The summed E-state index contributed by atoms with van der Waals surface area (Å²) < 4.78 is 0. The number of amides is 2. The van der Waals surface area contributed by atoms with E-state index in [-0.39, 0.29) is 11.8 Å². The van der Waals surface area contributed by atoms with Crippen LogP contribution in [0.4, 0.5) is 11.4 Å². The first-order chi connectivity index (χ1) is 11.2. The fourth-order valence-corrected chi connectivity index (χ4v) is 2.17. The molecule has 2 aromatic carbocycles. The van der Waals surface area contributed by atoms with Crippen LogP contribution >= 0.6 is 0 Å². The van der Waals surface area contributed by atoms with E-state index in [1.807, 2.05) is 42.5 Å². The molecule has 2 amide bonds. The summed E-state index contributed by atoms with van der Waals surface area (Å²) in [6.07, 6.45) is 4.53. The van der Waals surface area contributed by atoms with Gasteiger partial charge in [0, 0.05) is 12.3 Å². The zero-order chi connectivity index (χ0) is 16.1. The molecule has 0 saturated carbocycles. The lowest BCUT2D eigenvalue weighted by Crippen LogP contribution is -2.43. The van der Waals surface area contributed by atoms with Crippen LogP contribution in [-0.4, -0.2) is 24.1 Å². The molecule has 1 heterocycles. The minimum atomic E-state index is -0.810. The van der Waals surface area contributed by atoms with Gasteiger partial charge in [0.1, 0.15) is 6.04 Å². The normalized spacial score (nSPS) is 16.5. The van der Waals surface area contributed by atoms with Crippen molar-refractivity contribution in [2.45, 2.75) is 6.04 Å². The number of carbonyl (C=O) groups is 2. The SMILES string of the molecule is O=C(/C=C/c1ccccc1)N[C@@H]1C=Nc2ccccc2NC1=O.